The van der Waals surface area contributed by atoms with Gasteiger partial charge in [0.2, 0.25) is 0 Å². The SMILES string of the molecule is COc1cc(/C=C2/SC(=O)N(c3ccccc3C(F)(F)F)C2=O)ccc1OCCC(=O)O. The van der Waals surface area contributed by atoms with Gasteiger partial charge in [-0.05, 0) is 47.7 Å². The molecule has 0 atom stereocenters. The first-order chi connectivity index (χ1) is 15.1. The zero-order valence-corrected chi connectivity index (χ0v) is 17.3. The van der Waals surface area contributed by atoms with Gasteiger partial charge >= 0.3 is 12.1 Å². The molecule has 1 aliphatic rings. The van der Waals surface area contributed by atoms with Crippen molar-refractivity contribution in [3.8, 4) is 11.5 Å². The van der Waals surface area contributed by atoms with E-state index < -0.39 is 34.5 Å². The molecule has 0 aromatic heterocycles. The van der Waals surface area contributed by atoms with Gasteiger partial charge in [0, 0.05) is 0 Å². The Hall–Kier alpha value is -3.47. The molecule has 0 saturated carbocycles. The van der Waals surface area contributed by atoms with Crippen LogP contribution in [-0.4, -0.2) is 35.9 Å². The van der Waals surface area contributed by atoms with Crippen molar-refractivity contribution in [3.63, 3.8) is 0 Å². The lowest BCUT2D eigenvalue weighted by molar-refractivity contribution is -0.138. The first-order valence-electron chi connectivity index (χ1n) is 9.08. The first-order valence-corrected chi connectivity index (χ1v) is 9.90. The maximum absolute atomic E-state index is 13.3. The minimum absolute atomic E-state index is 0.0615. The largest absolute Gasteiger partial charge is 0.493 e. The van der Waals surface area contributed by atoms with E-state index >= 15 is 0 Å². The smallest absolute Gasteiger partial charge is 0.418 e. The van der Waals surface area contributed by atoms with E-state index in [2.05, 4.69) is 0 Å². The number of methoxy groups -OCH3 is 1. The third-order valence-corrected chi connectivity index (χ3v) is 5.17. The van der Waals surface area contributed by atoms with Crippen LogP contribution < -0.4 is 14.4 Å². The number of halogens is 3. The number of anilines is 1. The summed E-state index contributed by atoms with van der Waals surface area (Å²) in [5, 5.41) is 7.84. The molecule has 0 radical (unpaired) electrons. The topological polar surface area (TPSA) is 93.1 Å². The molecule has 3 rings (SSSR count). The Bertz CT molecular complexity index is 1100. The summed E-state index contributed by atoms with van der Waals surface area (Å²) in [5.41, 5.74) is -1.19. The van der Waals surface area contributed by atoms with Crippen LogP contribution in [0.15, 0.2) is 47.4 Å². The van der Waals surface area contributed by atoms with Crippen molar-refractivity contribution in [2.45, 2.75) is 12.6 Å². The second kappa shape index (κ2) is 9.35. The van der Waals surface area contributed by atoms with Crippen molar-refractivity contribution < 1.29 is 42.1 Å². The highest BCUT2D eigenvalue weighted by Gasteiger charge is 2.42. The highest BCUT2D eigenvalue weighted by molar-refractivity contribution is 8.19. The van der Waals surface area contributed by atoms with E-state index in [1.54, 1.807) is 0 Å². The fraction of sp³-hybridized carbons (Fsp3) is 0.190. The van der Waals surface area contributed by atoms with Gasteiger partial charge in [0.15, 0.2) is 11.5 Å². The predicted molar refractivity (Wildman–Crippen MR) is 111 cm³/mol. The van der Waals surface area contributed by atoms with Gasteiger partial charge in [0.1, 0.15) is 0 Å². The minimum atomic E-state index is -4.74. The number of carbonyl (C=O) groups is 3. The molecule has 0 aliphatic carbocycles. The van der Waals surface area contributed by atoms with Crippen LogP contribution in [0.25, 0.3) is 6.08 Å². The van der Waals surface area contributed by atoms with Crippen molar-refractivity contribution in [3.05, 3.63) is 58.5 Å². The van der Waals surface area contributed by atoms with E-state index in [4.69, 9.17) is 14.6 Å². The summed E-state index contributed by atoms with van der Waals surface area (Å²) in [6.07, 6.45) is -3.60. The number of nitrogens with zero attached hydrogens (tertiary/aromatic N) is 1. The van der Waals surface area contributed by atoms with Crippen LogP contribution >= 0.6 is 11.8 Å². The lowest BCUT2D eigenvalue weighted by atomic mass is 10.1. The number of carboxylic acid groups (broad SMARTS) is 1. The Morgan fingerprint density at radius 1 is 1.16 bits per heavy atom. The monoisotopic (exact) mass is 467 g/mol. The highest BCUT2D eigenvalue weighted by Crippen LogP contribution is 2.42. The zero-order valence-electron chi connectivity index (χ0n) is 16.5. The molecule has 2 aromatic carbocycles. The number of hydrogen-bond acceptors (Lipinski definition) is 6. The Morgan fingerprint density at radius 2 is 1.88 bits per heavy atom. The second-order valence-electron chi connectivity index (χ2n) is 6.43. The molecular weight excluding hydrogens is 451 g/mol. The molecule has 1 heterocycles. The lowest BCUT2D eigenvalue weighted by Gasteiger charge is -2.18. The van der Waals surface area contributed by atoms with E-state index in [9.17, 15) is 27.6 Å². The average molecular weight is 467 g/mol. The number of ether oxygens (including phenoxy) is 2. The Balaban J connectivity index is 1.88. The van der Waals surface area contributed by atoms with Gasteiger partial charge in [-0.3, -0.25) is 14.4 Å². The van der Waals surface area contributed by atoms with E-state index in [0.29, 0.717) is 22.2 Å². The number of hydrogen-bond donors (Lipinski definition) is 1. The van der Waals surface area contributed by atoms with Crippen LogP contribution in [0.4, 0.5) is 23.7 Å². The Kier molecular flexibility index (Phi) is 6.78. The predicted octanol–water partition coefficient (Wildman–Crippen LogP) is 4.81. The van der Waals surface area contributed by atoms with Crippen LogP contribution in [0.1, 0.15) is 17.5 Å². The number of rotatable bonds is 7. The number of carbonyl (C=O) groups excluding carboxylic acids is 2. The number of imide groups is 1. The summed E-state index contributed by atoms with van der Waals surface area (Å²) < 4.78 is 50.5. The van der Waals surface area contributed by atoms with E-state index in [1.165, 1.54) is 43.5 Å². The van der Waals surface area contributed by atoms with Gasteiger partial charge in [-0.2, -0.15) is 13.2 Å². The molecule has 1 aliphatic heterocycles. The van der Waals surface area contributed by atoms with Crippen LogP contribution in [-0.2, 0) is 15.8 Å². The molecule has 11 heteroatoms. The summed E-state index contributed by atoms with van der Waals surface area (Å²) in [6.45, 7) is -0.0808. The number of thioether (sulfide) groups is 1. The fourth-order valence-corrected chi connectivity index (χ4v) is 3.71. The third-order valence-electron chi connectivity index (χ3n) is 4.30. The van der Waals surface area contributed by atoms with Crippen LogP contribution in [0, 0.1) is 0 Å². The van der Waals surface area contributed by atoms with Gasteiger partial charge in [-0.25, -0.2) is 4.90 Å². The van der Waals surface area contributed by atoms with Crippen LogP contribution in [0.2, 0.25) is 0 Å². The average Bonchev–Trinajstić information content (AvgIpc) is 3.00. The van der Waals surface area contributed by atoms with Crippen LogP contribution in [0.3, 0.4) is 0 Å². The lowest BCUT2D eigenvalue weighted by Crippen LogP contribution is -2.30. The van der Waals surface area contributed by atoms with Gasteiger partial charge in [-0.15, -0.1) is 0 Å². The molecule has 168 valence electrons. The Labute approximate surface area is 184 Å². The number of para-hydroxylation sites is 1. The molecule has 1 N–H and O–H groups in total. The van der Waals surface area contributed by atoms with Gasteiger partial charge < -0.3 is 14.6 Å². The van der Waals surface area contributed by atoms with Crippen molar-refractivity contribution in [2.24, 2.45) is 0 Å². The zero-order chi connectivity index (χ0) is 23.5. The van der Waals surface area contributed by atoms with E-state index in [0.717, 1.165) is 12.1 Å². The molecule has 1 saturated heterocycles. The molecule has 0 spiro atoms. The Morgan fingerprint density at radius 3 is 2.53 bits per heavy atom. The summed E-state index contributed by atoms with van der Waals surface area (Å²) in [6, 6.07) is 8.88. The molecule has 2 amide bonds. The van der Waals surface area contributed by atoms with E-state index in [-0.39, 0.29) is 29.4 Å². The normalized spacial score (nSPS) is 15.4. The van der Waals surface area contributed by atoms with Crippen molar-refractivity contribution in [2.75, 3.05) is 18.6 Å². The van der Waals surface area contributed by atoms with Crippen molar-refractivity contribution >= 4 is 40.6 Å². The second-order valence-corrected chi connectivity index (χ2v) is 7.43. The quantitative estimate of drug-likeness (QED) is 0.584. The van der Waals surface area contributed by atoms with Crippen LogP contribution in [0.5, 0.6) is 11.5 Å². The maximum Gasteiger partial charge on any atom is 0.418 e. The molecule has 0 unspecified atom stereocenters. The van der Waals surface area contributed by atoms with Gasteiger partial charge in [0.05, 0.1) is 36.3 Å². The number of aliphatic carboxylic acids is 1. The van der Waals surface area contributed by atoms with Gasteiger partial charge in [0.25, 0.3) is 11.1 Å². The van der Waals surface area contributed by atoms with Gasteiger partial charge in [-0.1, -0.05) is 18.2 Å². The number of alkyl halides is 3. The highest BCUT2D eigenvalue weighted by atomic mass is 32.2. The molecule has 0 bridgehead atoms. The van der Waals surface area contributed by atoms with Crippen molar-refractivity contribution in [1.29, 1.82) is 0 Å². The first kappa shape index (κ1) is 23.2. The maximum atomic E-state index is 13.3. The molecular formula is C21H16F3NO6S. The van der Waals surface area contributed by atoms with Crippen molar-refractivity contribution in [1.82, 2.24) is 0 Å². The third kappa shape index (κ3) is 5.05. The standard InChI is InChI=1S/C21H16F3NO6S/c1-30-16-10-12(6-7-15(16)31-9-8-18(26)27)11-17-19(28)25(20(29)32-17)14-5-3-2-4-13(14)21(22,23)24/h2-7,10-11H,8-9H2,1H3,(H,26,27)/b17-11+. The summed E-state index contributed by atoms with van der Waals surface area (Å²) in [7, 11) is 1.37. The summed E-state index contributed by atoms with van der Waals surface area (Å²) in [5.74, 6) is -1.37. The summed E-state index contributed by atoms with van der Waals surface area (Å²) in [4.78, 5) is 36.2. The number of carboxylic acids is 1. The molecule has 1 fully saturated rings. The summed E-state index contributed by atoms with van der Waals surface area (Å²) >= 11 is 0.519. The molecule has 7 nitrogen and oxygen atoms in total. The number of amides is 2. The number of benzene rings is 2. The molecule has 2 aromatic rings. The molecule has 32 heavy (non-hydrogen) atoms. The fourth-order valence-electron chi connectivity index (χ4n) is 2.88. The van der Waals surface area contributed by atoms with E-state index in [1.807, 2.05) is 0 Å². The minimum Gasteiger partial charge on any atom is -0.493 e.